The largest absolute Gasteiger partial charge is 0.479 e. The van der Waals surface area contributed by atoms with Gasteiger partial charge in [0.1, 0.15) is 11.6 Å². The predicted octanol–water partition coefficient (Wildman–Crippen LogP) is 0.898. The number of rotatable bonds is 4. The Bertz CT molecular complexity index is 550. The zero-order valence-corrected chi connectivity index (χ0v) is 10.6. The molecule has 1 aliphatic heterocycles. The normalized spacial score (nSPS) is 20.2. The molecule has 0 spiro atoms. The van der Waals surface area contributed by atoms with Crippen LogP contribution in [0.25, 0.3) is 0 Å². The van der Waals surface area contributed by atoms with E-state index in [-0.39, 0.29) is 31.0 Å². The van der Waals surface area contributed by atoms with Crippen LogP contribution in [-0.2, 0) is 9.59 Å². The van der Waals surface area contributed by atoms with Crippen molar-refractivity contribution in [1.82, 2.24) is 4.90 Å². The molecule has 1 aromatic carbocycles. The molecule has 1 saturated heterocycles. The number of carboxylic acids is 1. The summed E-state index contributed by atoms with van der Waals surface area (Å²) in [5, 5.41) is 9.27. The average Bonchev–Trinajstić information content (AvgIpc) is 2.73. The van der Waals surface area contributed by atoms with Crippen molar-refractivity contribution in [1.29, 1.82) is 0 Å². The summed E-state index contributed by atoms with van der Waals surface area (Å²) in [6, 6.07) is 1.16. The van der Waals surface area contributed by atoms with E-state index in [9.17, 15) is 23.5 Å². The number of nitrogens with two attached hydrogens (primary N) is 1. The molecule has 2 atom stereocenters. The lowest BCUT2D eigenvalue weighted by molar-refractivity contribution is -0.148. The van der Waals surface area contributed by atoms with E-state index < -0.39 is 29.6 Å². The first-order chi connectivity index (χ1) is 9.43. The third kappa shape index (κ3) is 2.62. The molecule has 1 fully saturated rings. The van der Waals surface area contributed by atoms with E-state index in [1.165, 1.54) is 0 Å². The second-order valence-corrected chi connectivity index (χ2v) is 4.76. The van der Waals surface area contributed by atoms with Crippen LogP contribution in [0.4, 0.5) is 8.78 Å². The van der Waals surface area contributed by atoms with Gasteiger partial charge in [-0.05, 0) is 18.5 Å². The molecule has 1 aromatic rings. The number of carbonyl (C=O) groups excluding carboxylic acids is 1. The van der Waals surface area contributed by atoms with Crippen molar-refractivity contribution >= 4 is 11.9 Å². The number of benzene rings is 1. The monoisotopic (exact) mass is 284 g/mol. The lowest BCUT2D eigenvalue weighted by Crippen LogP contribution is -2.36. The number of hydrogen-bond acceptors (Lipinski definition) is 3. The third-order valence-electron chi connectivity index (χ3n) is 3.37. The highest BCUT2D eigenvalue weighted by Gasteiger charge is 2.39. The van der Waals surface area contributed by atoms with E-state index in [2.05, 4.69) is 0 Å². The van der Waals surface area contributed by atoms with E-state index in [0.29, 0.717) is 6.07 Å². The molecule has 7 heteroatoms. The predicted molar refractivity (Wildman–Crippen MR) is 65.6 cm³/mol. The fraction of sp³-hybridized carbons (Fsp3) is 0.385. The van der Waals surface area contributed by atoms with Gasteiger partial charge in [0.05, 0.1) is 0 Å². The van der Waals surface area contributed by atoms with Crippen molar-refractivity contribution in [3.8, 4) is 0 Å². The summed E-state index contributed by atoms with van der Waals surface area (Å²) < 4.78 is 26.7. The maximum Gasteiger partial charge on any atom is 0.331 e. The standard InChI is InChI=1S/C13H14F2N2O3/c14-8-1-2-9(10(15)4-8)12(13(19)20)17-6-7(5-16)3-11(17)18/h1-2,4,7,12H,3,5-6,16H2,(H,19,20). The number of halogens is 2. The Kier molecular flexibility index (Phi) is 3.99. The molecular formula is C13H14F2N2O3. The highest BCUT2D eigenvalue weighted by molar-refractivity contribution is 5.86. The van der Waals surface area contributed by atoms with Gasteiger partial charge in [0.15, 0.2) is 6.04 Å². The van der Waals surface area contributed by atoms with Crippen molar-refractivity contribution < 1.29 is 23.5 Å². The number of carbonyl (C=O) groups is 2. The number of hydrogen-bond donors (Lipinski definition) is 2. The Balaban J connectivity index is 2.37. The Hall–Kier alpha value is -2.02. The van der Waals surface area contributed by atoms with Crippen LogP contribution in [0, 0.1) is 17.6 Å². The molecule has 0 saturated carbocycles. The Morgan fingerprint density at radius 2 is 2.20 bits per heavy atom. The second kappa shape index (κ2) is 5.54. The van der Waals surface area contributed by atoms with E-state index in [4.69, 9.17) is 5.73 Å². The molecule has 0 aromatic heterocycles. The van der Waals surface area contributed by atoms with E-state index in [1.807, 2.05) is 0 Å². The summed E-state index contributed by atoms with van der Waals surface area (Å²) in [7, 11) is 0. The highest BCUT2D eigenvalue weighted by Crippen LogP contribution is 2.30. The van der Waals surface area contributed by atoms with Crippen LogP contribution in [0.2, 0.25) is 0 Å². The van der Waals surface area contributed by atoms with Crippen LogP contribution >= 0.6 is 0 Å². The molecule has 0 bridgehead atoms. The topological polar surface area (TPSA) is 83.6 Å². The van der Waals surface area contributed by atoms with Gasteiger partial charge in [0.2, 0.25) is 5.91 Å². The molecule has 1 aliphatic rings. The smallest absolute Gasteiger partial charge is 0.331 e. The van der Waals surface area contributed by atoms with Crippen molar-refractivity contribution in [3.63, 3.8) is 0 Å². The van der Waals surface area contributed by atoms with E-state index >= 15 is 0 Å². The third-order valence-corrected chi connectivity index (χ3v) is 3.37. The van der Waals surface area contributed by atoms with E-state index in [1.54, 1.807) is 0 Å². The summed E-state index contributed by atoms with van der Waals surface area (Å²) >= 11 is 0. The van der Waals surface area contributed by atoms with Gasteiger partial charge in [-0.2, -0.15) is 0 Å². The molecule has 1 heterocycles. The molecule has 0 aliphatic carbocycles. The minimum Gasteiger partial charge on any atom is -0.479 e. The molecular weight excluding hydrogens is 270 g/mol. The maximum absolute atomic E-state index is 13.8. The molecule has 3 N–H and O–H groups in total. The summed E-state index contributed by atoms with van der Waals surface area (Å²) in [5.74, 6) is -3.68. The first-order valence-corrected chi connectivity index (χ1v) is 6.11. The summed E-state index contributed by atoms with van der Waals surface area (Å²) in [6.45, 7) is 0.406. The van der Waals surface area contributed by atoms with Crippen LogP contribution < -0.4 is 5.73 Å². The van der Waals surface area contributed by atoms with Crippen molar-refractivity contribution in [2.24, 2.45) is 11.7 Å². The lowest BCUT2D eigenvalue weighted by Gasteiger charge is -2.25. The first kappa shape index (κ1) is 14.4. The number of likely N-dealkylation sites (tertiary alicyclic amines) is 1. The Morgan fingerprint density at radius 3 is 2.70 bits per heavy atom. The molecule has 0 radical (unpaired) electrons. The minimum atomic E-state index is -1.46. The second-order valence-electron chi connectivity index (χ2n) is 4.76. The zero-order chi connectivity index (χ0) is 14.9. The van der Waals surface area contributed by atoms with Gasteiger partial charge in [-0.25, -0.2) is 13.6 Å². The minimum absolute atomic E-state index is 0.142. The highest BCUT2D eigenvalue weighted by atomic mass is 19.1. The fourth-order valence-corrected chi connectivity index (χ4v) is 2.37. The summed E-state index contributed by atoms with van der Waals surface area (Å²) in [5.41, 5.74) is 5.24. The number of carboxylic acid groups (broad SMARTS) is 1. The Labute approximate surface area is 114 Å². The Morgan fingerprint density at radius 1 is 1.50 bits per heavy atom. The van der Waals surface area contributed by atoms with Crippen molar-refractivity contribution in [2.45, 2.75) is 12.5 Å². The van der Waals surface area contributed by atoms with Crippen LogP contribution in [0.3, 0.4) is 0 Å². The summed E-state index contributed by atoms with van der Waals surface area (Å²) in [6.07, 6.45) is 0.142. The van der Waals surface area contributed by atoms with Crippen molar-refractivity contribution in [3.05, 3.63) is 35.4 Å². The van der Waals surface area contributed by atoms with Gasteiger partial charge in [-0.1, -0.05) is 6.07 Å². The van der Waals surface area contributed by atoms with Crippen LogP contribution in [-0.4, -0.2) is 35.0 Å². The number of amides is 1. The van der Waals surface area contributed by atoms with Gasteiger partial charge in [0, 0.05) is 24.6 Å². The van der Waals surface area contributed by atoms with Gasteiger partial charge >= 0.3 is 5.97 Å². The molecule has 20 heavy (non-hydrogen) atoms. The molecule has 2 rings (SSSR count). The molecule has 108 valence electrons. The van der Waals surface area contributed by atoms with E-state index in [0.717, 1.165) is 17.0 Å². The lowest BCUT2D eigenvalue weighted by atomic mass is 10.0. The van der Waals surface area contributed by atoms with Crippen LogP contribution in [0.1, 0.15) is 18.0 Å². The molecule has 1 amide bonds. The van der Waals surface area contributed by atoms with Crippen LogP contribution in [0.5, 0.6) is 0 Å². The molecule has 2 unspecified atom stereocenters. The SMILES string of the molecule is NCC1CC(=O)N(C(C(=O)O)c2ccc(F)cc2F)C1. The van der Waals surface area contributed by atoms with Gasteiger partial charge in [-0.3, -0.25) is 4.79 Å². The van der Waals surface area contributed by atoms with Gasteiger partial charge < -0.3 is 15.7 Å². The average molecular weight is 284 g/mol. The van der Waals surface area contributed by atoms with Gasteiger partial charge in [-0.15, -0.1) is 0 Å². The number of aliphatic carboxylic acids is 1. The fourth-order valence-electron chi connectivity index (χ4n) is 2.37. The van der Waals surface area contributed by atoms with Gasteiger partial charge in [0.25, 0.3) is 0 Å². The molecule has 5 nitrogen and oxygen atoms in total. The van der Waals surface area contributed by atoms with Crippen LogP contribution in [0.15, 0.2) is 18.2 Å². The first-order valence-electron chi connectivity index (χ1n) is 6.11. The quantitative estimate of drug-likeness (QED) is 0.860. The number of nitrogens with zero attached hydrogens (tertiary/aromatic N) is 1. The zero-order valence-electron chi connectivity index (χ0n) is 10.6. The summed E-state index contributed by atoms with van der Waals surface area (Å²) in [4.78, 5) is 24.3. The maximum atomic E-state index is 13.8. The van der Waals surface area contributed by atoms with Crippen molar-refractivity contribution in [2.75, 3.05) is 13.1 Å².